The molecule has 1 N–H and O–H groups in total. The Morgan fingerprint density at radius 2 is 2.28 bits per heavy atom. The van der Waals surface area contributed by atoms with Crippen LogP contribution in [0, 0.1) is 5.82 Å². The van der Waals surface area contributed by atoms with Gasteiger partial charge in [-0.1, -0.05) is 19.1 Å². The Morgan fingerprint density at radius 3 is 2.83 bits per heavy atom. The number of carbonyl (C=O) groups excluding carboxylic acids is 1. The van der Waals surface area contributed by atoms with Crippen LogP contribution in [0.1, 0.15) is 13.3 Å². The summed E-state index contributed by atoms with van der Waals surface area (Å²) in [5.41, 5.74) is 0.950. The number of rotatable bonds is 5. The van der Waals surface area contributed by atoms with Gasteiger partial charge in [-0.3, -0.25) is 0 Å². The summed E-state index contributed by atoms with van der Waals surface area (Å²) < 4.78 is 18.8. The molecule has 0 aliphatic carbocycles. The van der Waals surface area contributed by atoms with Crippen LogP contribution in [0.25, 0.3) is 0 Å². The monoisotopic (exact) mass is 315 g/mol. The fraction of sp³-hybridized carbons (Fsp3) is 0.308. The van der Waals surface area contributed by atoms with Crippen molar-refractivity contribution in [2.24, 2.45) is 0 Å². The van der Waals surface area contributed by atoms with Crippen molar-refractivity contribution in [2.45, 2.75) is 13.3 Å². The van der Waals surface area contributed by atoms with Crippen LogP contribution in [0.15, 0.2) is 34.3 Å². The number of halogens is 2. The molecule has 5 heteroatoms. The standard InChI is InChI=1S/C13H15BrFNO2/c1-3-9(13(17)18-2)7-8-16-12-10(14)5-4-6-11(12)15/h4-7,16H,3,8H2,1-2H3/b9-7-. The maximum atomic E-state index is 13.5. The van der Waals surface area contributed by atoms with Crippen LogP contribution in [0.4, 0.5) is 10.1 Å². The van der Waals surface area contributed by atoms with Crippen LogP contribution >= 0.6 is 15.9 Å². The van der Waals surface area contributed by atoms with Gasteiger partial charge in [-0.15, -0.1) is 0 Å². The number of carbonyl (C=O) groups is 1. The van der Waals surface area contributed by atoms with Gasteiger partial charge < -0.3 is 10.1 Å². The fourth-order valence-corrected chi connectivity index (χ4v) is 1.93. The van der Waals surface area contributed by atoms with Crippen LogP contribution in [-0.4, -0.2) is 19.6 Å². The summed E-state index contributed by atoms with van der Waals surface area (Å²) in [5, 5.41) is 2.92. The van der Waals surface area contributed by atoms with Crippen molar-refractivity contribution < 1.29 is 13.9 Å². The lowest BCUT2D eigenvalue weighted by Gasteiger charge is -2.08. The first-order valence-electron chi connectivity index (χ1n) is 5.55. The molecule has 0 spiro atoms. The largest absolute Gasteiger partial charge is 0.466 e. The molecular weight excluding hydrogens is 301 g/mol. The van der Waals surface area contributed by atoms with E-state index in [2.05, 4.69) is 26.0 Å². The van der Waals surface area contributed by atoms with E-state index in [4.69, 9.17) is 0 Å². The average molecular weight is 316 g/mol. The Morgan fingerprint density at radius 1 is 1.56 bits per heavy atom. The molecule has 18 heavy (non-hydrogen) atoms. The second-order valence-electron chi connectivity index (χ2n) is 3.55. The summed E-state index contributed by atoms with van der Waals surface area (Å²) in [6.45, 7) is 2.22. The Kier molecular flexibility index (Phi) is 5.85. The number of para-hydroxylation sites is 1. The molecule has 1 aromatic carbocycles. The van der Waals surface area contributed by atoms with Crippen LogP contribution in [0.2, 0.25) is 0 Å². The molecule has 0 aliphatic heterocycles. The van der Waals surface area contributed by atoms with Gasteiger partial charge in [-0.2, -0.15) is 0 Å². The fourth-order valence-electron chi connectivity index (χ4n) is 1.45. The maximum Gasteiger partial charge on any atom is 0.333 e. The number of nitrogens with one attached hydrogen (secondary N) is 1. The van der Waals surface area contributed by atoms with Gasteiger partial charge in [-0.05, 0) is 34.5 Å². The van der Waals surface area contributed by atoms with Crippen molar-refractivity contribution in [3.8, 4) is 0 Å². The minimum atomic E-state index is -0.355. The van der Waals surface area contributed by atoms with E-state index in [1.54, 1.807) is 18.2 Å². The van der Waals surface area contributed by atoms with Crippen LogP contribution < -0.4 is 5.32 Å². The number of esters is 1. The summed E-state index contributed by atoms with van der Waals surface area (Å²) in [6, 6.07) is 4.74. The molecule has 0 aromatic heterocycles. The van der Waals surface area contributed by atoms with Crippen molar-refractivity contribution in [2.75, 3.05) is 19.0 Å². The molecule has 0 saturated carbocycles. The lowest BCUT2D eigenvalue weighted by molar-refractivity contribution is -0.136. The number of hydrogen-bond acceptors (Lipinski definition) is 3. The first-order valence-corrected chi connectivity index (χ1v) is 6.34. The third kappa shape index (κ3) is 3.84. The van der Waals surface area contributed by atoms with E-state index >= 15 is 0 Å². The summed E-state index contributed by atoms with van der Waals surface area (Å²) in [5.74, 6) is -0.694. The zero-order valence-electron chi connectivity index (χ0n) is 10.3. The molecular formula is C13H15BrFNO2. The number of hydrogen-bond donors (Lipinski definition) is 1. The molecule has 3 nitrogen and oxygen atoms in total. The third-order valence-electron chi connectivity index (χ3n) is 2.42. The SMILES string of the molecule is CC/C(=C/CNc1c(F)cccc1Br)C(=O)OC. The minimum absolute atomic E-state index is 0.339. The highest BCUT2D eigenvalue weighted by molar-refractivity contribution is 9.10. The Hall–Kier alpha value is -1.36. The molecule has 0 fully saturated rings. The van der Waals surface area contributed by atoms with Crippen molar-refractivity contribution in [3.05, 3.63) is 40.1 Å². The number of methoxy groups -OCH3 is 1. The molecule has 1 rings (SSSR count). The van der Waals surface area contributed by atoms with Gasteiger partial charge in [0.15, 0.2) is 0 Å². The van der Waals surface area contributed by atoms with Gasteiger partial charge in [0.25, 0.3) is 0 Å². The van der Waals surface area contributed by atoms with Gasteiger partial charge in [-0.25, -0.2) is 9.18 Å². The molecule has 0 amide bonds. The average Bonchev–Trinajstić information content (AvgIpc) is 2.37. The third-order valence-corrected chi connectivity index (χ3v) is 3.08. The van der Waals surface area contributed by atoms with E-state index in [0.717, 1.165) is 0 Å². The highest BCUT2D eigenvalue weighted by atomic mass is 79.9. The van der Waals surface area contributed by atoms with Gasteiger partial charge >= 0.3 is 5.97 Å². The summed E-state index contributed by atoms with van der Waals surface area (Å²) in [6.07, 6.45) is 2.28. The zero-order valence-corrected chi connectivity index (χ0v) is 11.9. The van der Waals surface area contributed by atoms with E-state index in [9.17, 15) is 9.18 Å². The second-order valence-corrected chi connectivity index (χ2v) is 4.41. The molecule has 0 radical (unpaired) electrons. The Balaban J connectivity index is 2.71. The molecule has 0 unspecified atom stereocenters. The first kappa shape index (κ1) is 14.7. The molecule has 0 heterocycles. The molecule has 0 aliphatic rings. The summed E-state index contributed by atoms with van der Waals surface area (Å²) in [7, 11) is 1.34. The van der Waals surface area contributed by atoms with E-state index in [0.29, 0.717) is 28.7 Å². The van der Waals surface area contributed by atoms with Crippen molar-refractivity contribution >= 4 is 27.6 Å². The van der Waals surface area contributed by atoms with Crippen LogP contribution in [0.5, 0.6) is 0 Å². The van der Waals surface area contributed by atoms with Crippen molar-refractivity contribution in [1.29, 1.82) is 0 Å². The highest BCUT2D eigenvalue weighted by Gasteiger charge is 2.07. The maximum absolute atomic E-state index is 13.5. The smallest absolute Gasteiger partial charge is 0.333 e. The van der Waals surface area contributed by atoms with E-state index in [-0.39, 0.29) is 11.8 Å². The van der Waals surface area contributed by atoms with E-state index in [1.807, 2.05) is 6.92 Å². The van der Waals surface area contributed by atoms with Crippen LogP contribution in [0.3, 0.4) is 0 Å². The van der Waals surface area contributed by atoms with Gasteiger partial charge in [0.05, 0.1) is 12.8 Å². The summed E-state index contributed by atoms with van der Waals surface area (Å²) in [4.78, 5) is 11.3. The molecule has 1 aromatic rings. The Labute approximate surface area is 114 Å². The van der Waals surface area contributed by atoms with Gasteiger partial charge in [0.2, 0.25) is 0 Å². The number of benzene rings is 1. The highest BCUT2D eigenvalue weighted by Crippen LogP contribution is 2.24. The van der Waals surface area contributed by atoms with Gasteiger partial charge in [0.1, 0.15) is 5.82 Å². The van der Waals surface area contributed by atoms with E-state index in [1.165, 1.54) is 13.2 Å². The quantitative estimate of drug-likeness (QED) is 0.667. The topological polar surface area (TPSA) is 38.3 Å². The lowest BCUT2D eigenvalue weighted by Crippen LogP contribution is -2.08. The lowest BCUT2D eigenvalue weighted by atomic mass is 10.2. The molecule has 0 bridgehead atoms. The van der Waals surface area contributed by atoms with Crippen LogP contribution in [-0.2, 0) is 9.53 Å². The first-order chi connectivity index (χ1) is 8.60. The zero-order chi connectivity index (χ0) is 13.5. The summed E-state index contributed by atoms with van der Waals surface area (Å²) >= 11 is 3.26. The molecule has 0 atom stereocenters. The van der Waals surface area contributed by atoms with Gasteiger partial charge in [0, 0.05) is 16.6 Å². The Bertz CT molecular complexity index is 440. The predicted molar refractivity (Wildman–Crippen MR) is 73.0 cm³/mol. The molecule has 0 saturated heterocycles. The second kappa shape index (κ2) is 7.16. The number of ether oxygens (including phenoxy) is 1. The van der Waals surface area contributed by atoms with Crippen molar-refractivity contribution in [1.82, 2.24) is 0 Å². The predicted octanol–water partition coefficient (Wildman–Crippen LogP) is 3.51. The van der Waals surface area contributed by atoms with E-state index < -0.39 is 0 Å². The number of anilines is 1. The van der Waals surface area contributed by atoms with Crippen molar-refractivity contribution in [3.63, 3.8) is 0 Å². The molecule has 98 valence electrons. The normalized spacial score (nSPS) is 11.2. The minimum Gasteiger partial charge on any atom is -0.466 e.